The van der Waals surface area contributed by atoms with Gasteiger partial charge < -0.3 is 33.5 Å². The van der Waals surface area contributed by atoms with E-state index in [-0.39, 0.29) is 6.61 Å². The van der Waals surface area contributed by atoms with Gasteiger partial charge in [-0.1, -0.05) is 36.6 Å². The van der Waals surface area contributed by atoms with Gasteiger partial charge in [-0.05, 0) is 42.7 Å². The van der Waals surface area contributed by atoms with E-state index in [4.69, 9.17) is 38.0 Å². The van der Waals surface area contributed by atoms with E-state index in [1.165, 1.54) is 7.11 Å². The van der Waals surface area contributed by atoms with Crippen molar-refractivity contribution < 1.29 is 43.1 Å². The van der Waals surface area contributed by atoms with Crippen molar-refractivity contribution in [2.45, 2.75) is 75.2 Å². The summed E-state index contributed by atoms with van der Waals surface area (Å²) in [6.07, 6.45) is -1.92. The van der Waals surface area contributed by atoms with E-state index in [1.54, 1.807) is 24.3 Å². The van der Waals surface area contributed by atoms with E-state index in [0.717, 1.165) is 19.3 Å². The summed E-state index contributed by atoms with van der Waals surface area (Å²) in [5.41, 5.74) is -0.701. The molecule has 3 fully saturated rings. The summed E-state index contributed by atoms with van der Waals surface area (Å²) in [4.78, 5) is 0. The molecule has 5 atom stereocenters. The molecule has 0 radical (unpaired) electrons. The molecule has 0 amide bonds. The molecule has 178 valence electrons. The summed E-state index contributed by atoms with van der Waals surface area (Å²) in [5.74, 6) is 0.00758. The van der Waals surface area contributed by atoms with Crippen LogP contribution in [0.5, 0.6) is 11.5 Å². The summed E-state index contributed by atoms with van der Waals surface area (Å²) in [7, 11) is 1.52. The Morgan fingerprint density at radius 1 is 1.09 bits per heavy atom. The lowest BCUT2D eigenvalue weighted by molar-refractivity contribution is -0.392. The van der Waals surface area contributed by atoms with E-state index in [9.17, 15) is 5.11 Å². The highest BCUT2D eigenvalue weighted by Gasteiger charge is 2.54. The molecule has 0 aromatic heterocycles. The molecule has 2 aliphatic heterocycles. The number of aliphatic hydroxyl groups excluding tert-OH is 1. The minimum Gasteiger partial charge on any atom is -0.497 e. The molecular weight excluding hydrogens is 424 g/mol. The van der Waals surface area contributed by atoms with Crippen molar-refractivity contribution in [2.24, 2.45) is 0 Å². The highest BCUT2D eigenvalue weighted by molar-refractivity contribution is 5.31. The summed E-state index contributed by atoms with van der Waals surface area (Å²) in [6.45, 7) is -2.82. The lowest BCUT2D eigenvalue weighted by atomic mass is 9.90. The van der Waals surface area contributed by atoms with Gasteiger partial charge in [0.05, 0.1) is 29.9 Å². The third-order valence-corrected chi connectivity index (χ3v) is 6.20. The van der Waals surface area contributed by atoms with Gasteiger partial charge in [-0.15, -0.1) is 0 Å². The van der Waals surface area contributed by atoms with Crippen LogP contribution < -0.4 is 9.47 Å². The van der Waals surface area contributed by atoms with Crippen molar-refractivity contribution in [1.29, 1.82) is 0 Å². The summed E-state index contributed by atoms with van der Waals surface area (Å²) >= 11 is 0. The van der Waals surface area contributed by atoms with Crippen LogP contribution in [0.4, 0.5) is 0 Å². The number of aliphatic hydroxyl groups is 1. The average molecular weight is 464 g/mol. The molecule has 0 unspecified atom stereocenters. The van der Waals surface area contributed by atoms with Crippen molar-refractivity contribution in [1.82, 2.24) is 0 Å². The lowest BCUT2D eigenvalue weighted by Gasteiger charge is -2.52. The first-order chi connectivity index (χ1) is 19.0. The minimum atomic E-state index is -2.94. The van der Waals surface area contributed by atoms with Gasteiger partial charge in [-0.25, -0.2) is 0 Å². The molecule has 3 aliphatic rings. The Morgan fingerprint density at radius 2 is 1.82 bits per heavy atom. The Balaban J connectivity index is 1.48. The van der Waals surface area contributed by atoms with Gasteiger partial charge in [0.15, 0.2) is 5.79 Å². The maximum Gasteiger partial charge on any atom is 0.229 e. The molecule has 1 saturated carbocycles. The number of fused-ring (bicyclic) bond motifs is 1. The SMILES string of the molecule is [2H]c1c([2H])c([2H])c(C([2H])([2H])O[C@H]2[C@H](Oc3ccc(OC)cc3)O[C@@H]3COC4(CCCCC4)O[C@H]3[C@@H]2O)c([2H])c1[2H]. The van der Waals surface area contributed by atoms with Crippen molar-refractivity contribution >= 4 is 0 Å². The molecule has 5 rings (SSSR count). The zero-order valence-corrected chi connectivity index (χ0v) is 18.3. The second-order valence-electron chi connectivity index (χ2n) is 8.38. The van der Waals surface area contributed by atoms with Crippen LogP contribution in [-0.4, -0.2) is 55.3 Å². The quantitative estimate of drug-likeness (QED) is 0.698. The molecule has 33 heavy (non-hydrogen) atoms. The summed E-state index contributed by atoms with van der Waals surface area (Å²) < 4.78 is 92.9. The monoisotopic (exact) mass is 463 g/mol. The van der Waals surface area contributed by atoms with Crippen molar-refractivity contribution in [3.05, 3.63) is 60.0 Å². The summed E-state index contributed by atoms with van der Waals surface area (Å²) in [6, 6.07) is 2.93. The Morgan fingerprint density at radius 3 is 2.55 bits per heavy atom. The highest BCUT2D eigenvalue weighted by Crippen LogP contribution is 2.41. The van der Waals surface area contributed by atoms with Crippen LogP contribution in [0.25, 0.3) is 0 Å². The first-order valence-electron chi connectivity index (χ1n) is 14.7. The predicted octanol–water partition coefficient (Wildman–Crippen LogP) is 3.82. The molecular formula is C26H32O7. The van der Waals surface area contributed by atoms with Gasteiger partial charge in [-0.2, -0.15) is 0 Å². The van der Waals surface area contributed by atoms with Gasteiger partial charge >= 0.3 is 0 Å². The zero-order chi connectivity index (χ0) is 28.8. The minimum absolute atomic E-state index is 0.118. The molecule has 7 heteroatoms. The Bertz CT molecular complexity index is 1190. The maximum atomic E-state index is 11.6. The first-order valence-corrected chi connectivity index (χ1v) is 11.2. The molecule has 2 aromatic rings. The van der Waals surface area contributed by atoms with E-state index in [2.05, 4.69) is 0 Å². The van der Waals surface area contributed by atoms with Crippen LogP contribution in [0, 0.1) is 0 Å². The van der Waals surface area contributed by atoms with Crippen LogP contribution in [-0.2, 0) is 25.5 Å². The Kier molecular flexibility index (Phi) is 4.75. The van der Waals surface area contributed by atoms with Crippen LogP contribution >= 0.6 is 0 Å². The lowest BCUT2D eigenvalue weighted by Crippen LogP contribution is -2.66. The second kappa shape index (κ2) is 9.99. The number of hydrogen-bond donors (Lipinski definition) is 1. The fourth-order valence-electron chi connectivity index (χ4n) is 4.48. The second-order valence-corrected chi connectivity index (χ2v) is 8.38. The molecule has 1 spiro atoms. The summed E-state index contributed by atoms with van der Waals surface area (Å²) in [5, 5.41) is 11.6. The van der Waals surface area contributed by atoms with Gasteiger partial charge in [0.1, 0.15) is 35.9 Å². The van der Waals surface area contributed by atoms with Crippen molar-refractivity contribution in [3.63, 3.8) is 0 Å². The largest absolute Gasteiger partial charge is 0.497 e. The van der Waals surface area contributed by atoms with Crippen LogP contribution in [0.1, 0.15) is 47.3 Å². The topological polar surface area (TPSA) is 75.6 Å². The van der Waals surface area contributed by atoms with Gasteiger partial charge in [-0.3, -0.25) is 0 Å². The Labute approximate surface area is 204 Å². The normalized spacial score (nSPS) is 34.5. The van der Waals surface area contributed by atoms with Crippen molar-refractivity contribution in [2.75, 3.05) is 13.7 Å². The molecule has 7 nitrogen and oxygen atoms in total. The third kappa shape index (κ3) is 5.03. The van der Waals surface area contributed by atoms with Gasteiger partial charge in [0.2, 0.25) is 6.29 Å². The number of benzene rings is 2. The predicted molar refractivity (Wildman–Crippen MR) is 120 cm³/mol. The van der Waals surface area contributed by atoms with E-state index in [1.807, 2.05) is 0 Å². The molecule has 1 N–H and O–H groups in total. The highest BCUT2D eigenvalue weighted by atomic mass is 16.8. The van der Waals surface area contributed by atoms with Crippen molar-refractivity contribution in [3.8, 4) is 11.5 Å². The standard InChI is InChI=1S/C26H32O7/c1-28-19-10-12-20(13-11-19)31-25-24(29-16-18-8-4-2-5-9-18)22(27)23-21(32-25)17-30-26(33-23)14-6-3-7-15-26/h2,4-5,8-13,21-25,27H,3,6-7,14-17H2,1H3/t21-,22+,23-,24-,25-/m1/s1/i2D,4D,5D,8D,9D,16D2. The van der Waals surface area contributed by atoms with Gasteiger partial charge in [0.25, 0.3) is 0 Å². The fraction of sp³-hybridized carbons (Fsp3) is 0.538. The first kappa shape index (κ1) is 15.7. The maximum absolute atomic E-state index is 11.6. The smallest absolute Gasteiger partial charge is 0.229 e. The zero-order valence-electron chi connectivity index (χ0n) is 25.3. The fourth-order valence-corrected chi connectivity index (χ4v) is 4.48. The molecule has 2 aromatic carbocycles. The average Bonchev–Trinajstić information content (AvgIpc) is 2.94. The van der Waals surface area contributed by atoms with Crippen LogP contribution in [0.3, 0.4) is 0 Å². The number of rotatable bonds is 6. The third-order valence-electron chi connectivity index (χ3n) is 6.20. The molecule has 1 aliphatic carbocycles. The van der Waals surface area contributed by atoms with Crippen LogP contribution in [0.2, 0.25) is 0 Å². The van der Waals surface area contributed by atoms with E-state index >= 15 is 0 Å². The Hall–Kier alpha value is -2.16. The number of methoxy groups -OCH3 is 1. The number of hydrogen-bond acceptors (Lipinski definition) is 7. The molecule has 0 bridgehead atoms. The molecule has 2 saturated heterocycles. The van der Waals surface area contributed by atoms with E-state index in [0.29, 0.717) is 24.3 Å². The van der Waals surface area contributed by atoms with Crippen LogP contribution in [0.15, 0.2) is 54.5 Å². The van der Waals surface area contributed by atoms with Gasteiger partial charge in [0, 0.05) is 12.8 Å². The van der Waals surface area contributed by atoms with E-state index < -0.39 is 78.8 Å². The number of ether oxygens (including phenoxy) is 6. The molecule has 2 heterocycles.